The summed E-state index contributed by atoms with van der Waals surface area (Å²) in [7, 11) is -3.10. The molecule has 0 aliphatic carbocycles. The third kappa shape index (κ3) is 4.67. The molecule has 0 bridgehead atoms. The number of nitrogens with zero attached hydrogens (tertiary/aromatic N) is 1. The molecule has 0 spiro atoms. The van der Waals surface area contributed by atoms with E-state index in [-0.39, 0.29) is 30.5 Å². The van der Waals surface area contributed by atoms with Crippen molar-refractivity contribution >= 4 is 49.8 Å². The number of benzene rings is 1. The quantitative estimate of drug-likeness (QED) is 0.835. The number of hydrogen-bond acceptors (Lipinski definition) is 4. The summed E-state index contributed by atoms with van der Waals surface area (Å²) >= 11 is 3.39. The van der Waals surface area contributed by atoms with Gasteiger partial charge < -0.3 is 10.6 Å². The fraction of sp³-hybridized carbons (Fsp3) is 0.462. The second kappa shape index (κ2) is 7.09. The molecular formula is C13H18BrClN2O3S. The number of halogens is 2. The number of sulfone groups is 1. The van der Waals surface area contributed by atoms with Crippen LogP contribution in [0, 0.1) is 0 Å². The Hall–Kier alpha value is -0.630. The molecule has 21 heavy (non-hydrogen) atoms. The Morgan fingerprint density at radius 3 is 2.76 bits per heavy atom. The fourth-order valence-electron chi connectivity index (χ4n) is 2.25. The van der Waals surface area contributed by atoms with Gasteiger partial charge in [0.25, 0.3) is 0 Å². The van der Waals surface area contributed by atoms with Crippen LogP contribution in [0.15, 0.2) is 22.7 Å². The van der Waals surface area contributed by atoms with Gasteiger partial charge in [0.2, 0.25) is 5.91 Å². The van der Waals surface area contributed by atoms with E-state index in [1.165, 1.54) is 0 Å². The molecule has 0 saturated heterocycles. The lowest BCUT2D eigenvalue weighted by atomic mass is 10.1. The SMILES string of the molecule is CS(=O)(=O)CCC(N)C(=O)N1CCc2ccc(Br)cc21.Cl. The van der Waals surface area contributed by atoms with Gasteiger partial charge in [0, 0.05) is 23.0 Å². The molecule has 1 unspecified atom stereocenters. The zero-order chi connectivity index (χ0) is 14.9. The lowest BCUT2D eigenvalue weighted by Crippen LogP contribution is -2.44. The van der Waals surface area contributed by atoms with Crippen LogP contribution in [-0.4, -0.2) is 38.9 Å². The number of hydrogen-bond donors (Lipinski definition) is 1. The van der Waals surface area contributed by atoms with Gasteiger partial charge in [0.05, 0.1) is 11.8 Å². The number of carbonyl (C=O) groups excluding carboxylic acids is 1. The van der Waals surface area contributed by atoms with Gasteiger partial charge in [-0.3, -0.25) is 4.79 Å². The molecule has 5 nitrogen and oxygen atoms in total. The highest BCUT2D eigenvalue weighted by Gasteiger charge is 2.28. The monoisotopic (exact) mass is 396 g/mol. The van der Waals surface area contributed by atoms with Crippen molar-refractivity contribution in [2.75, 3.05) is 23.5 Å². The maximum absolute atomic E-state index is 12.3. The van der Waals surface area contributed by atoms with E-state index in [1.807, 2.05) is 18.2 Å². The third-order valence-corrected chi connectivity index (χ3v) is 4.80. The van der Waals surface area contributed by atoms with E-state index < -0.39 is 15.9 Å². The van der Waals surface area contributed by atoms with Crippen LogP contribution in [0.25, 0.3) is 0 Å². The Kier molecular flexibility index (Phi) is 6.22. The van der Waals surface area contributed by atoms with Crippen molar-refractivity contribution in [1.29, 1.82) is 0 Å². The minimum Gasteiger partial charge on any atom is -0.320 e. The molecule has 8 heteroatoms. The molecule has 2 rings (SSSR count). The zero-order valence-electron chi connectivity index (χ0n) is 11.6. The molecule has 1 aromatic rings. The van der Waals surface area contributed by atoms with Crippen molar-refractivity contribution in [3.05, 3.63) is 28.2 Å². The summed E-state index contributed by atoms with van der Waals surface area (Å²) in [5.41, 5.74) is 7.80. The minimum atomic E-state index is -3.10. The summed E-state index contributed by atoms with van der Waals surface area (Å²) in [6.45, 7) is 0.594. The van der Waals surface area contributed by atoms with Crippen molar-refractivity contribution < 1.29 is 13.2 Å². The average Bonchev–Trinajstić information content (AvgIpc) is 2.77. The van der Waals surface area contributed by atoms with Gasteiger partial charge in [-0.15, -0.1) is 12.4 Å². The van der Waals surface area contributed by atoms with Crippen LogP contribution >= 0.6 is 28.3 Å². The van der Waals surface area contributed by atoms with Crippen LogP contribution in [-0.2, 0) is 21.1 Å². The highest BCUT2D eigenvalue weighted by molar-refractivity contribution is 9.10. The maximum atomic E-state index is 12.3. The van der Waals surface area contributed by atoms with E-state index in [1.54, 1.807) is 4.90 Å². The van der Waals surface area contributed by atoms with Crippen LogP contribution in [0.3, 0.4) is 0 Å². The van der Waals surface area contributed by atoms with Crippen molar-refractivity contribution in [1.82, 2.24) is 0 Å². The van der Waals surface area contributed by atoms with Gasteiger partial charge >= 0.3 is 0 Å². The Morgan fingerprint density at radius 1 is 1.48 bits per heavy atom. The molecule has 0 saturated carbocycles. The van der Waals surface area contributed by atoms with Gasteiger partial charge in [0.1, 0.15) is 9.84 Å². The van der Waals surface area contributed by atoms with Crippen molar-refractivity contribution in [2.45, 2.75) is 18.9 Å². The van der Waals surface area contributed by atoms with Gasteiger partial charge in [-0.25, -0.2) is 8.42 Å². The average molecular weight is 398 g/mol. The smallest absolute Gasteiger partial charge is 0.243 e. The summed E-state index contributed by atoms with van der Waals surface area (Å²) in [5.74, 6) is -0.287. The largest absolute Gasteiger partial charge is 0.320 e. The summed E-state index contributed by atoms with van der Waals surface area (Å²) < 4.78 is 23.2. The van der Waals surface area contributed by atoms with E-state index in [0.29, 0.717) is 6.54 Å². The first kappa shape index (κ1) is 18.4. The summed E-state index contributed by atoms with van der Waals surface area (Å²) in [6.07, 6.45) is 2.09. The number of anilines is 1. The van der Waals surface area contributed by atoms with Crippen LogP contribution in [0.1, 0.15) is 12.0 Å². The Balaban J connectivity index is 0.00000220. The molecule has 0 radical (unpaired) electrons. The molecule has 1 atom stereocenters. The molecular weight excluding hydrogens is 380 g/mol. The number of carbonyl (C=O) groups is 1. The van der Waals surface area contributed by atoms with Gasteiger partial charge in [-0.2, -0.15) is 0 Å². The van der Waals surface area contributed by atoms with Crippen molar-refractivity contribution in [3.63, 3.8) is 0 Å². The molecule has 0 fully saturated rings. The number of nitrogens with two attached hydrogens (primary N) is 1. The van der Waals surface area contributed by atoms with E-state index in [4.69, 9.17) is 5.73 Å². The summed E-state index contributed by atoms with van der Waals surface area (Å²) in [5, 5.41) is 0. The summed E-state index contributed by atoms with van der Waals surface area (Å²) in [4.78, 5) is 14.0. The van der Waals surface area contributed by atoms with Gasteiger partial charge in [-0.1, -0.05) is 22.0 Å². The number of amides is 1. The van der Waals surface area contributed by atoms with Crippen molar-refractivity contribution in [3.8, 4) is 0 Å². The lowest BCUT2D eigenvalue weighted by Gasteiger charge is -2.21. The first-order valence-electron chi connectivity index (χ1n) is 6.31. The molecule has 1 heterocycles. The molecule has 1 aliphatic rings. The Labute approximate surface area is 139 Å². The molecule has 1 amide bonds. The highest BCUT2D eigenvalue weighted by Crippen LogP contribution is 2.31. The van der Waals surface area contributed by atoms with Crippen LogP contribution in [0.4, 0.5) is 5.69 Å². The molecule has 0 aromatic heterocycles. The van der Waals surface area contributed by atoms with E-state index in [2.05, 4.69) is 15.9 Å². The second-order valence-corrected chi connectivity index (χ2v) is 8.21. The number of fused-ring (bicyclic) bond motifs is 1. The van der Waals surface area contributed by atoms with E-state index in [0.717, 1.165) is 28.4 Å². The first-order chi connectivity index (χ1) is 9.28. The minimum absolute atomic E-state index is 0. The fourth-order valence-corrected chi connectivity index (χ4v) is 3.28. The Bertz CT molecular complexity index is 636. The first-order valence-corrected chi connectivity index (χ1v) is 9.16. The highest BCUT2D eigenvalue weighted by atomic mass is 79.9. The standard InChI is InChI=1S/C13H17BrN2O3S.ClH/c1-20(18,19)7-5-11(15)13(17)16-6-4-9-2-3-10(14)8-12(9)16;/h2-3,8,11H,4-7,15H2,1H3;1H. The topological polar surface area (TPSA) is 80.5 Å². The molecule has 118 valence electrons. The normalized spacial score (nSPS) is 15.3. The number of rotatable bonds is 4. The van der Waals surface area contributed by atoms with E-state index in [9.17, 15) is 13.2 Å². The second-order valence-electron chi connectivity index (χ2n) is 5.04. The predicted molar refractivity (Wildman–Crippen MR) is 89.8 cm³/mol. The van der Waals surface area contributed by atoms with Crippen LogP contribution in [0.5, 0.6) is 0 Å². The summed E-state index contributed by atoms with van der Waals surface area (Å²) in [6, 6.07) is 5.03. The predicted octanol–water partition coefficient (Wildman–Crippen LogP) is 1.52. The maximum Gasteiger partial charge on any atom is 0.243 e. The lowest BCUT2D eigenvalue weighted by molar-refractivity contribution is -0.119. The molecule has 2 N–H and O–H groups in total. The van der Waals surface area contributed by atoms with E-state index >= 15 is 0 Å². The molecule has 1 aromatic carbocycles. The van der Waals surface area contributed by atoms with Gasteiger partial charge in [-0.05, 0) is 30.5 Å². The Morgan fingerprint density at radius 2 is 2.14 bits per heavy atom. The third-order valence-electron chi connectivity index (χ3n) is 3.33. The van der Waals surface area contributed by atoms with Gasteiger partial charge in [0.15, 0.2) is 0 Å². The molecule has 1 aliphatic heterocycles. The van der Waals surface area contributed by atoms with Crippen LogP contribution in [0.2, 0.25) is 0 Å². The van der Waals surface area contributed by atoms with Crippen LogP contribution < -0.4 is 10.6 Å². The van der Waals surface area contributed by atoms with Crippen molar-refractivity contribution in [2.24, 2.45) is 5.73 Å². The zero-order valence-corrected chi connectivity index (χ0v) is 14.8.